The number of ether oxygens (including phenoxy) is 3. The first-order valence-electron chi connectivity index (χ1n) is 14.2. The summed E-state index contributed by atoms with van der Waals surface area (Å²) in [6, 6.07) is 14.3. The molecule has 3 aromatic rings. The quantitative estimate of drug-likeness (QED) is 0.149. The van der Waals surface area contributed by atoms with Crippen molar-refractivity contribution in [1.82, 2.24) is 9.88 Å². The van der Waals surface area contributed by atoms with E-state index in [1.165, 1.54) is 18.6 Å². The van der Waals surface area contributed by atoms with Crippen LogP contribution in [-0.2, 0) is 17.5 Å². The molecule has 1 aliphatic heterocycles. The van der Waals surface area contributed by atoms with Crippen LogP contribution in [0.2, 0.25) is 0 Å². The highest BCUT2D eigenvalue weighted by molar-refractivity contribution is 5.76. The third-order valence-corrected chi connectivity index (χ3v) is 7.70. The molecule has 2 saturated carbocycles. The largest absolute Gasteiger partial charge is 0.573 e. The number of hydrogen-bond donors (Lipinski definition) is 0. The van der Waals surface area contributed by atoms with Gasteiger partial charge in [0.2, 0.25) is 5.88 Å². The molecule has 7 nitrogen and oxygen atoms in total. The van der Waals surface area contributed by atoms with E-state index in [0.29, 0.717) is 36.4 Å². The van der Waals surface area contributed by atoms with Crippen LogP contribution in [0.5, 0.6) is 23.1 Å². The summed E-state index contributed by atoms with van der Waals surface area (Å²) in [4.78, 5) is 21.9. The minimum absolute atomic E-state index is 0.00368. The summed E-state index contributed by atoms with van der Waals surface area (Å²) < 4.78 is 88.2. The van der Waals surface area contributed by atoms with Gasteiger partial charge in [0.25, 0.3) is 0 Å². The topological polar surface area (TPSA) is 73.2 Å². The Labute approximate surface area is 255 Å². The molecule has 2 heterocycles. The maximum absolute atomic E-state index is 12.5. The maximum Gasteiger partial charge on any atom is 0.573 e. The lowest BCUT2D eigenvalue weighted by atomic mass is 9.89. The van der Waals surface area contributed by atoms with Gasteiger partial charge in [0.15, 0.2) is 0 Å². The summed E-state index contributed by atoms with van der Waals surface area (Å²) in [7, 11) is 0. The van der Waals surface area contributed by atoms with Gasteiger partial charge < -0.3 is 19.1 Å². The predicted octanol–water partition coefficient (Wildman–Crippen LogP) is 8.18. The number of aliphatic imine (C=N–C) groups is 1. The number of halogens is 6. The fraction of sp³-hybridized carbons (Fsp3) is 0.344. The van der Waals surface area contributed by atoms with Gasteiger partial charge in [0, 0.05) is 37.4 Å². The zero-order valence-electron chi connectivity index (χ0n) is 23.8. The van der Waals surface area contributed by atoms with Gasteiger partial charge in [-0.15, -0.1) is 13.2 Å². The van der Waals surface area contributed by atoms with Crippen molar-refractivity contribution in [2.45, 2.75) is 44.8 Å². The average Bonchev–Trinajstić information content (AvgIpc) is 3.64. The van der Waals surface area contributed by atoms with Crippen LogP contribution in [0.15, 0.2) is 84.3 Å². The Morgan fingerprint density at radius 1 is 0.867 bits per heavy atom. The Bertz CT molecular complexity index is 1490. The summed E-state index contributed by atoms with van der Waals surface area (Å²) in [5.41, 5.74) is 0.0715. The van der Waals surface area contributed by atoms with E-state index < -0.39 is 18.1 Å². The summed E-state index contributed by atoms with van der Waals surface area (Å²) in [5, 5.41) is 0. The van der Waals surface area contributed by atoms with Gasteiger partial charge in [-0.1, -0.05) is 18.6 Å². The Balaban J connectivity index is 0.000000194. The normalized spacial score (nSPS) is 20.4. The first-order valence-corrected chi connectivity index (χ1v) is 14.2. The molecule has 0 spiro atoms. The molecule has 0 N–H and O–H groups in total. The SMILES string of the molecule is FC(F)(F)Oc1ccc(CN2C=CN=CC2)cc1.O=C(Oc1ccc(Oc2ccc(C(F)(F)F)cn2)cc1)C1CC2CCC1C2. The number of benzene rings is 2. The Hall–Kier alpha value is -4.55. The molecule has 0 saturated heterocycles. The second kappa shape index (κ2) is 13.6. The van der Waals surface area contributed by atoms with E-state index in [0.717, 1.165) is 43.2 Å². The molecule has 0 amide bonds. The molecule has 13 heteroatoms. The third-order valence-electron chi connectivity index (χ3n) is 7.70. The van der Waals surface area contributed by atoms with Crippen LogP contribution in [0.3, 0.4) is 0 Å². The second-order valence-electron chi connectivity index (χ2n) is 10.9. The molecule has 3 unspecified atom stereocenters. The van der Waals surface area contributed by atoms with Crippen molar-refractivity contribution in [3.05, 3.63) is 90.4 Å². The van der Waals surface area contributed by atoms with Gasteiger partial charge in [-0.3, -0.25) is 9.79 Å². The van der Waals surface area contributed by atoms with Crippen molar-refractivity contribution in [2.24, 2.45) is 22.7 Å². The fourth-order valence-electron chi connectivity index (χ4n) is 5.58. The van der Waals surface area contributed by atoms with Crippen molar-refractivity contribution in [3.63, 3.8) is 0 Å². The lowest BCUT2D eigenvalue weighted by molar-refractivity contribution is -0.274. The summed E-state index contributed by atoms with van der Waals surface area (Å²) in [6.07, 6.45) is 1.29. The molecule has 238 valence electrons. The number of aromatic nitrogens is 1. The van der Waals surface area contributed by atoms with E-state index in [2.05, 4.69) is 14.7 Å². The van der Waals surface area contributed by atoms with Gasteiger partial charge in [0.05, 0.1) is 18.0 Å². The molecule has 2 fully saturated rings. The van der Waals surface area contributed by atoms with E-state index in [1.54, 1.807) is 48.8 Å². The highest BCUT2D eigenvalue weighted by Crippen LogP contribution is 2.48. The van der Waals surface area contributed by atoms with Crippen LogP contribution in [0, 0.1) is 17.8 Å². The van der Waals surface area contributed by atoms with Crippen molar-refractivity contribution < 1.29 is 45.3 Å². The number of esters is 1. The number of rotatable bonds is 7. The lowest BCUT2D eigenvalue weighted by Crippen LogP contribution is -2.25. The van der Waals surface area contributed by atoms with E-state index in [4.69, 9.17) is 9.47 Å². The molecule has 3 aliphatic rings. The maximum atomic E-state index is 12.5. The highest BCUT2D eigenvalue weighted by Gasteiger charge is 2.44. The molecule has 6 rings (SSSR count). The fourth-order valence-corrected chi connectivity index (χ4v) is 5.58. The average molecular weight is 634 g/mol. The van der Waals surface area contributed by atoms with Crippen LogP contribution < -0.4 is 14.2 Å². The number of nitrogens with zero attached hydrogens (tertiary/aromatic N) is 3. The predicted molar refractivity (Wildman–Crippen MR) is 151 cm³/mol. The summed E-state index contributed by atoms with van der Waals surface area (Å²) in [5.74, 6) is 1.60. The molecule has 0 radical (unpaired) electrons. The molecule has 2 bridgehead atoms. The van der Waals surface area contributed by atoms with Gasteiger partial charge in [-0.25, -0.2) is 4.98 Å². The van der Waals surface area contributed by atoms with Gasteiger partial charge >= 0.3 is 18.5 Å². The van der Waals surface area contributed by atoms with Crippen LogP contribution >= 0.6 is 0 Å². The number of carbonyl (C=O) groups excluding carboxylic acids is 1. The first kappa shape index (κ1) is 31.9. The van der Waals surface area contributed by atoms with Crippen LogP contribution in [0.25, 0.3) is 0 Å². The van der Waals surface area contributed by atoms with Gasteiger partial charge in [0.1, 0.15) is 17.2 Å². The van der Waals surface area contributed by atoms with Crippen LogP contribution in [0.1, 0.15) is 36.8 Å². The third kappa shape index (κ3) is 9.22. The van der Waals surface area contributed by atoms with Crippen LogP contribution in [-0.4, -0.2) is 35.0 Å². The number of alkyl halides is 6. The van der Waals surface area contributed by atoms with Crippen LogP contribution in [0.4, 0.5) is 26.3 Å². The molecular weight excluding hydrogens is 604 g/mol. The smallest absolute Gasteiger partial charge is 0.439 e. The zero-order chi connectivity index (χ0) is 32.0. The molecule has 2 aliphatic carbocycles. The first-order chi connectivity index (χ1) is 21.4. The standard InChI is InChI=1S/C20H18F3NO3.C12H11F3N2O/c21-20(22,23)14-3-8-18(24-11-14)26-15-4-6-16(7-5-15)27-19(25)17-10-12-1-2-13(17)9-12;13-12(14,15)18-11-3-1-10(2-4-11)9-17-7-5-16-6-8-17/h3-8,11-13,17H,1-2,9-10H2;1-7H,8-9H2. The number of carbonyl (C=O) groups is 1. The van der Waals surface area contributed by atoms with E-state index in [9.17, 15) is 31.1 Å². The second-order valence-corrected chi connectivity index (χ2v) is 10.9. The molecule has 3 atom stereocenters. The van der Waals surface area contributed by atoms with Gasteiger partial charge in [-0.05, 0) is 79.1 Å². The monoisotopic (exact) mass is 633 g/mol. The number of hydrogen-bond acceptors (Lipinski definition) is 7. The Kier molecular flexibility index (Phi) is 9.64. The van der Waals surface area contributed by atoms with Crippen molar-refractivity contribution in [1.29, 1.82) is 0 Å². The molecular formula is C32H29F6N3O4. The van der Waals surface area contributed by atoms with Gasteiger partial charge in [-0.2, -0.15) is 13.2 Å². The van der Waals surface area contributed by atoms with E-state index >= 15 is 0 Å². The highest BCUT2D eigenvalue weighted by atomic mass is 19.4. The summed E-state index contributed by atoms with van der Waals surface area (Å²) >= 11 is 0. The van der Waals surface area contributed by atoms with E-state index in [1.807, 2.05) is 11.1 Å². The van der Waals surface area contributed by atoms with Crippen molar-refractivity contribution in [3.8, 4) is 23.1 Å². The minimum atomic E-state index is -4.65. The lowest BCUT2D eigenvalue weighted by Gasteiger charge is -2.19. The van der Waals surface area contributed by atoms with E-state index in [-0.39, 0.29) is 23.5 Å². The molecule has 2 aromatic carbocycles. The number of pyridine rings is 1. The van der Waals surface area contributed by atoms with Crippen molar-refractivity contribution >= 4 is 12.2 Å². The summed E-state index contributed by atoms with van der Waals surface area (Å²) in [6.45, 7) is 1.31. The minimum Gasteiger partial charge on any atom is -0.439 e. The number of fused-ring (bicyclic) bond motifs is 2. The molecule has 1 aromatic heterocycles. The Morgan fingerprint density at radius 3 is 2.13 bits per heavy atom. The molecule has 45 heavy (non-hydrogen) atoms. The van der Waals surface area contributed by atoms with Crippen molar-refractivity contribution in [2.75, 3.05) is 6.54 Å². The zero-order valence-corrected chi connectivity index (χ0v) is 23.8. The Morgan fingerprint density at radius 2 is 1.58 bits per heavy atom.